The minimum absolute atomic E-state index is 0.383. The van der Waals surface area contributed by atoms with Crippen molar-refractivity contribution in [3.63, 3.8) is 0 Å². The van der Waals surface area contributed by atoms with Crippen LogP contribution in [-0.4, -0.2) is 12.1 Å². The molecule has 0 aliphatic heterocycles. The van der Waals surface area contributed by atoms with Gasteiger partial charge >= 0.3 is 0 Å². The van der Waals surface area contributed by atoms with Crippen molar-refractivity contribution in [2.24, 2.45) is 10.2 Å². The van der Waals surface area contributed by atoms with Gasteiger partial charge in [-0.1, -0.05) is 22.1 Å². The van der Waals surface area contributed by atoms with Crippen molar-refractivity contribution in [2.45, 2.75) is 25.9 Å². The largest absolute Gasteiger partial charge is 0.0960 e. The molecule has 0 heterocycles. The minimum atomic E-state index is -0.383. The molecule has 0 aromatic carbocycles. The molecule has 0 rings (SSSR count). The standard InChI is InChI=1S/C6H8N6/c1-5(9-11-7)3-4-6(2)10-12-8/h5-6H,1-2H3. The van der Waals surface area contributed by atoms with Gasteiger partial charge in [0.2, 0.25) is 0 Å². The maximum Gasteiger partial charge on any atom is 0.0960 e. The Labute approximate surface area is 69.8 Å². The first kappa shape index (κ1) is 10.2. The second-order valence-corrected chi connectivity index (χ2v) is 2.05. The quantitative estimate of drug-likeness (QED) is 0.259. The van der Waals surface area contributed by atoms with Gasteiger partial charge in [0.15, 0.2) is 0 Å². The summed E-state index contributed by atoms with van der Waals surface area (Å²) in [7, 11) is 0. The van der Waals surface area contributed by atoms with Crippen LogP contribution in [0.1, 0.15) is 13.8 Å². The van der Waals surface area contributed by atoms with Gasteiger partial charge in [0.1, 0.15) is 0 Å². The van der Waals surface area contributed by atoms with E-state index in [4.69, 9.17) is 11.1 Å². The van der Waals surface area contributed by atoms with Crippen LogP contribution in [0, 0.1) is 11.8 Å². The molecule has 12 heavy (non-hydrogen) atoms. The Morgan fingerprint density at radius 2 is 1.33 bits per heavy atom. The second-order valence-electron chi connectivity index (χ2n) is 2.05. The third-order valence-electron chi connectivity index (χ3n) is 0.951. The van der Waals surface area contributed by atoms with Crippen molar-refractivity contribution < 1.29 is 0 Å². The van der Waals surface area contributed by atoms with Crippen molar-refractivity contribution in [1.29, 1.82) is 0 Å². The average Bonchev–Trinajstić information content (AvgIpc) is 2.02. The van der Waals surface area contributed by atoms with Crippen LogP contribution in [0.25, 0.3) is 20.9 Å². The molecule has 0 amide bonds. The van der Waals surface area contributed by atoms with Gasteiger partial charge in [-0.15, -0.1) is 0 Å². The number of hydrogen-bond acceptors (Lipinski definition) is 2. The first-order valence-electron chi connectivity index (χ1n) is 3.30. The third-order valence-corrected chi connectivity index (χ3v) is 0.951. The SMILES string of the molecule is CC(C#CC(C)N=[N+]=[N-])N=[N+]=[N-]. The molecule has 0 saturated carbocycles. The normalized spacial score (nSPS) is 12.5. The van der Waals surface area contributed by atoms with Crippen molar-refractivity contribution in [3.05, 3.63) is 20.9 Å². The maximum absolute atomic E-state index is 8.01. The van der Waals surface area contributed by atoms with Crippen molar-refractivity contribution in [3.8, 4) is 11.8 Å². The van der Waals surface area contributed by atoms with Crippen LogP contribution in [0.3, 0.4) is 0 Å². The Morgan fingerprint density at radius 1 is 1.00 bits per heavy atom. The molecule has 0 aliphatic rings. The Kier molecular flexibility index (Phi) is 5.03. The molecule has 0 radical (unpaired) electrons. The zero-order chi connectivity index (χ0) is 9.40. The van der Waals surface area contributed by atoms with Gasteiger partial charge in [0.25, 0.3) is 0 Å². The fourth-order valence-corrected chi connectivity index (χ4v) is 0.454. The van der Waals surface area contributed by atoms with Crippen LogP contribution in [0.5, 0.6) is 0 Å². The zero-order valence-electron chi connectivity index (χ0n) is 6.84. The van der Waals surface area contributed by atoms with Crippen molar-refractivity contribution in [1.82, 2.24) is 0 Å². The molecule has 2 atom stereocenters. The number of rotatable bonds is 2. The topological polar surface area (TPSA) is 97.5 Å². The zero-order valence-corrected chi connectivity index (χ0v) is 6.84. The third kappa shape index (κ3) is 5.00. The first-order chi connectivity index (χ1) is 5.70. The van der Waals surface area contributed by atoms with E-state index in [1.54, 1.807) is 13.8 Å². The summed E-state index contributed by atoms with van der Waals surface area (Å²) in [5.41, 5.74) is 16.0. The van der Waals surface area contributed by atoms with E-state index in [1.165, 1.54) is 0 Å². The van der Waals surface area contributed by atoms with Crippen LogP contribution < -0.4 is 0 Å². The van der Waals surface area contributed by atoms with Gasteiger partial charge in [-0.2, -0.15) is 0 Å². The summed E-state index contributed by atoms with van der Waals surface area (Å²) in [5.74, 6) is 5.27. The maximum atomic E-state index is 8.01. The molecular weight excluding hydrogens is 156 g/mol. The molecule has 6 heteroatoms. The van der Waals surface area contributed by atoms with Crippen LogP contribution in [0.4, 0.5) is 0 Å². The van der Waals surface area contributed by atoms with E-state index in [0.29, 0.717) is 0 Å². The summed E-state index contributed by atoms with van der Waals surface area (Å²) in [5, 5.41) is 6.66. The molecule has 0 spiro atoms. The lowest BCUT2D eigenvalue weighted by Crippen LogP contribution is -1.94. The lowest BCUT2D eigenvalue weighted by Gasteiger charge is -1.91. The molecule has 0 aliphatic carbocycles. The van der Waals surface area contributed by atoms with Gasteiger partial charge in [-0.3, -0.25) is 0 Å². The lowest BCUT2D eigenvalue weighted by atomic mass is 10.3. The van der Waals surface area contributed by atoms with Crippen LogP contribution in [-0.2, 0) is 0 Å². The molecule has 0 saturated heterocycles. The van der Waals surface area contributed by atoms with Gasteiger partial charge in [-0.05, 0) is 24.9 Å². The number of nitrogens with zero attached hydrogens (tertiary/aromatic N) is 6. The monoisotopic (exact) mass is 164 g/mol. The molecule has 2 unspecified atom stereocenters. The summed E-state index contributed by atoms with van der Waals surface area (Å²) < 4.78 is 0. The number of hydrogen-bond donors (Lipinski definition) is 0. The summed E-state index contributed by atoms with van der Waals surface area (Å²) in [6.45, 7) is 3.32. The second kappa shape index (κ2) is 5.93. The first-order valence-corrected chi connectivity index (χ1v) is 3.30. The van der Waals surface area contributed by atoms with Crippen LogP contribution >= 0.6 is 0 Å². The van der Waals surface area contributed by atoms with Gasteiger partial charge in [-0.25, -0.2) is 0 Å². The van der Waals surface area contributed by atoms with Crippen LogP contribution in [0.15, 0.2) is 10.2 Å². The molecule has 0 N–H and O–H groups in total. The highest BCUT2D eigenvalue weighted by atomic mass is 15.1. The predicted molar refractivity (Wildman–Crippen MR) is 45.0 cm³/mol. The molecule has 6 nitrogen and oxygen atoms in total. The van der Waals surface area contributed by atoms with E-state index in [0.717, 1.165) is 0 Å². The highest BCUT2D eigenvalue weighted by Crippen LogP contribution is 1.90. The van der Waals surface area contributed by atoms with Crippen LogP contribution in [0.2, 0.25) is 0 Å². The summed E-state index contributed by atoms with van der Waals surface area (Å²) in [6.07, 6.45) is 0. The van der Waals surface area contributed by atoms with E-state index >= 15 is 0 Å². The van der Waals surface area contributed by atoms with Crippen molar-refractivity contribution >= 4 is 0 Å². The smallest absolute Gasteiger partial charge is 0.0938 e. The highest BCUT2D eigenvalue weighted by molar-refractivity contribution is 5.11. The molecule has 0 fully saturated rings. The van der Waals surface area contributed by atoms with Gasteiger partial charge < -0.3 is 0 Å². The van der Waals surface area contributed by atoms with Gasteiger partial charge in [0.05, 0.1) is 12.1 Å². The molecule has 0 bridgehead atoms. The molecular formula is C6H8N6. The fourth-order valence-electron chi connectivity index (χ4n) is 0.454. The average molecular weight is 164 g/mol. The molecule has 0 aromatic rings. The van der Waals surface area contributed by atoms with E-state index in [1.807, 2.05) is 0 Å². The van der Waals surface area contributed by atoms with E-state index in [2.05, 4.69) is 31.9 Å². The van der Waals surface area contributed by atoms with Gasteiger partial charge in [0, 0.05) is 9.82 Å². The summed E-state index contributed by atoms with van der Waals surface area (Å²) in [4.78, 5) is 5.16. The van der Waals surface area contributed by atoms with E-state index < -0.39 is 0 Å². The predicted octanol–water partition coefficient (Wildman–Crippen LogP) is 2.39. The fraction of sp³-hybridized carbons (Fsp3) is 0.667. The highest BCUT2D eigenvalue weighted by Gasteiger charge is 1.91. The van der Waals surface area contributed by atoms with E-state index in [9.17, 15) is 0 Å². The minimum Gasteiger partial charge on any atom is -0.0938 e. The Hall–Kier alpha value is -1.82. The molecule has 0 aromatic heterocycles. The Bertz CT molecular complexity index is 257. The Balaban J connectivity index is 4.19. The number of azide groups is 2. The summed E-state index contributed by atoms with van der Waals surface area (Å²) >= 11 is 0. The molecule has 62 valence electrons. The van der Waals surface area contributed by atoms with Crippen molar-refractivity contribution in [2.75, 3.05) is 0 Å². The lowest BCUT2D eigenvalue weighted by molar-refractivity contribution is 0.913. The summed E-state index contributed by atoms with van der Waals surface area (Å²) in [6, 6.07) is -0.766. The van der Waals surface area contributed by atoms with E-state index in [-0.39, 0.29) is 12.1 Å². The Morgan fingerprint density at radius 3 is 1.58 bits per heavy atom.